The third kappa shape index (κ3) is 3.32. The molecule has 5 heteroatoms. The Morgan fingerprint density at radius 3 is 2.67 bits per heavy atom. The predicted octanol–water partition coefficient (Wildman–Crippen LogP) is 4.20. The van der Waals surface area contributed by atoms with Gasteiger partial charge >= 0.3 is 0 Å². The summed E-state index contributed by atoms with van der Waals surface area (Å²) in [5, 5.41) is 3.42. The maximum atomic E-state index is 13.0. The molecule has 2 aromatic carbocycles. The lowest BCUT2D eigenvalue weighted by Crippen LogP contribution is -2.41. The normalized spacial score (nSPS) is 18.1. The fourth-order valence-electron chi connectivity index (χ4n) is 4.24. The lowest BCUT2D eigenvalue weighted by atomic mass is 9.91. The Morgan fingerprint density at radius 2 is 1.89 bits per heavy atom. The summed E-state index contributed by atoms with van der Waals surface area (Å²) in [6.07, 6.45) is 5.16. The molecule has 1 saturated carbocycles. The summed E-state index contributed by atoms with van der Waals surface area (Å²) < 4.78 is 15.4. The van der Waals surface area contributed by atoms with E-state index in [0.29, 0.717) is 6.54 Å². The van der Waals surface area contributed by atoms with Crippen molar-refractivity contribution in [3.63, 3.8) is 0 Å². The number of nitrogens with one attached hydrogen (secondary N) is 1. The van der Waals surface area contributed by atoms with Gasteiger partial charge in [0.25, 0.3) is 0 Å². The fourth-order valence-corrected chi connectivity index (χ4v) is 4.24. The summed E-state index contributed by atoms with van der Waals surface area (Å²) in [6, 6.07) is 13.9. The molecule has 5 rings (SSSR count). The van der Waals surface area contributed by atoms with Gasteiger partial charge < -0.3 is 9.88 Å². The molecular formula is C22H25FN4. The highest BCUT2D eigenvalue weighted by Crippen LogP contribution is 2.28. The molecule has 27 heavy (non-hydrogen) atoms. The number of fused-ring (bicyclic) bond motifs is 3. The fraction of sp³-hybridized carbons (Fsp3) is 0.409. The summed E-state index contributed by atoms with van der Waals surface area (Å²) in [4.78, 5) is 7.58. The first-order valence-corrected chi connectivity index (χ1v) is 9.98. The van der Waals surface area contributed by atoms with Crippen LogP contribution >= 0.6 is 0 Å². The number of aromatic nitrogens is 2. The third-order valence-corrected chi connectivity index (χ3v) is 6.06. The second-order valence-corrected chi connectivity index (χ2v) is 7.73. The smallest absolute Gasteiger partial charge is 0.123 e. The van der Waals surface area contributed by atoms with Gasteiger partial charge in [-0.25, -0.2) is 9.37 Å². The largest absolute Gasteiger partial charge is 0.381 e. The van der Waals surface area contributed by atoms with E-state index >= 15 is 0 Å². The summed E-state index contributed by atoms with van der Waals surface area (Å²) in [5.74, 6) is 1.01. The molecular weight excluding hydrogens is 339 g/mol. The number of imidazole rings is 1. The Morgan fingerprint density at radius 1 is 1.04 bits per heavy atom. The first-order chi connectivity index (χ1) is 13.3. The molecule has 0 amide bonds. The van der Waals surface area contributed by atoms with Gasteiger partial charge in [-0.15, -0.1) is 0 Å². The van der Waals surface area contributed by atoms with Crippen molar-refractivity contribution >= 4 is 16.7 Å². The second-order valence-electron chi connectivity index (χ2n) is 7.73. The number of hydrogen-bond donors (Lipinski definition) is 1. The summed E-state index contributed by atoms with van der Waals surface area (Å²) in [5.41, 5.74) is 4.41. The zero-order valence-electron chi connectivity index (χ0n) is 15.5. The lowest BCUT2D eigenvalue weighted by Gasteiger charge is -2.36. The third-order valence-electron chi connectivity index (χ3n) is 6.06. The molecule has 0 unspecified atom stereocenters. The highest BCUT2D eigenvalue weighted by atomic mass is 19.1. The highest BCUT2D eigenvalue weighted by molar-refractivity contribution is 5.80. The molecule has 0 spiro atoms. The van der Waals surface area contributed by atoms with Crippen LogP contribution in [0.5, 0.6) is 0 Å². The summed E-state index contributed by atoms with van der Waals surface area (Å²) >= 11 is 0. The lowest BCUT2D eigenvalue weighted by molar-refractivity contribution is 0.130. The molecule has 0 bridgehead atoms. The standard InChI is InChI=1S/C22H25FN4/c23-17-6-4-16(5-7-17)15-24-18-8-9-21-20(14-18)25-22-10-11-26(12-13-27(21)22)19-2-1-3-19/h4-9,14,19,24H,1-3,10-13,15H2. The van der Waals surface area contributed by atoms with E-state index in [0.717, 1.165) is 48.9 Å². The maximum absolute atomic E-state index is 13.0. The van der Waals surface area contributed by atoms with Crippen molar-refractivity contribution < 1.29 is 4.39 Å². The molecule has 140 valence electrons. The van der Waals surface area contributed by atoms with Crippen LogP contribution in [0.15, 0.2) is 42.5 Å². The average Bonchev–Trinajstić information content (AvgIpc) is 2.86. The van der Waals surface area contributed by atoms with Crippen molar-refractivity contribution in [2.24, 2.45) is 0 Å². The van der Waals surface area contributed by atoms with Crippen molar-refractivity contribution in [1.29, 1.82) is 0 Å². The predicted molar refractivity (Wildman–Crippen MR) is 106 cm³/mol. The van der Waals surface area contributed by atoms with Crippen molar-refractivity contribution in [1.82, 2.24) is 14.5 Å². The number of rotatable bonds is 4. The number of nitrogens with zero attached hydrogens (tertiary/aromatic N) is 3. The van der Waals surface area contributed by atoms with E-state index in [1.807, 2.05) is 12.1 Å². The van der Waals surface area contributed by atoms with E-state index in [4.69, 9.17) is 4.98 Å². The molecule has 0 atom stereocenters. The van der Waals surface area contributed by atoms with Gasteiger partial charge in [-0.1, -0.05) is 18.6 Å². The van der Waals surface area contributed by atoms with E-state index in [2.05, 4.69) is 33.0 Å². The minimum absolute atomic E-state index is 0.199. The first-order valence-electron chi connectivity index (χ1n) is 9.98. The van der Waals surface area contributed by atoms with Gasteiger partial charge in [-0.2, -0.15) is 0 Å². The van der Waals surface area contributed by atoms with Crippen LogP contribution in [0.1, 0.15) is 30.7 Å². The minimum Gasteiger partial charge on any atom is -0.381 e. The molecule has 0 radical (unpaired) electrons. The maximum Gasteiger partial charge on any atom is 0.123 e. The molecule has 2 aliphatic rings. The van der Waals surface area contributed by atoms with Gasteiger partial charge in [0, 0.05) is 44.3 Å². The van der Waals surface area contributed by atoms with E-state index < -0.39 is 0 Å². The van der Waals surface area contributed by atoms with Crippen LogP contribution in [0.3, 0.4) is 0 Å². The second kappa shape index (κ2) is 6.97. The topological polar surface area (TPSA) is 33.1 Å². The molecule has 3 aromatic rings. The van der Waals surface area contributed by atoms with Gasteiger partial charge in [-0.3, -0.25) is 4.90 Å². The van der Waals surface area contributed by atoms with Gasteiger partial charge in [0.05, 0.1) is 11.0 Å². The molecule has 2 heterocycles. The van der Waals surface area contributed by atoms with Crippen LogP contribution < -0.4 is 5.32 Å². The number of hydrogen-bond acceptors (Lipinski definition) is 3. The number of benzene rings is 2. The molecule has 4 nitrogen and oxygen atoms in total. The van der Waals surface area contributed by atoms with Crippen molar-refractivity contribution in [3.05, 3.63) is 59.7 Å². The van der Waals surface area contributed by atoms with Crippen molar-refractivity contribution in [3.8, 4) is 0 Å². The van der Waals surface area contributed by atoms with Crippen LogP contribution in [0.25, 0.3) is 11.0 Å². The average molecular weight is 364 g/mol. The monoisotopic (exact) mass is 364 g/mol. The molecule has 1 aromatic heterocycles. The number of halogens is 1. The zero-order chi connectivity index (χ0) is 18.2. The van der Waals surface area contributed by atoms with Crippen LogP contribution in [-0.2, 0) is 19.5 Å². The molecule has 1 aliphatic heterocycles. The van der Waals surface area contributed by atoms with E-state index in [1.165, 1.54) is 42.7 Å². The summed E-state index contributed by atoms with van der Waals surface area (Å²) in [6.45, 7) is 3.97. The Kier molecular flexibility index (Phi) is 4.32. The van der Waals surface area contributed by atoms with Crippen LogP contribution in [-0.4, -0.2) is 33.6 Å². The van der Waals surface area contributed by atoms with Gasteiger partial charge in [-0.05, 0) is 48.7 Å². The van der Waals surface area contributed by atoms with E-state index in [-0.39, 0.29) is 5.82 Å². The molecule has 1 fully saturated rings. The Labute approximate surface area is 159 Å². The molecule has 1 N–H and O–H groups in total. The van der Waals surface area contributed by atoms with Crippen molar-refractivity contribution in [2.45, 2.75) is 44.8 Å². The van der Waals surface area contributed by atoms with Gasteiger partial charge in [0.1, 0.15) is 11.6 Å². The zero-order valence-corrected chi connectivity index (χ0v) is 15.5. The van der Waals surface area contributed by atoms with E-state index in [1.54, 1.807) is 0 Å². The summed E-state index contributed by atoms with van der Waals surface area (Å²) in [7, 11) is 0. The first kappa shape index (κ1) is 16.8. The SMILES string of the molecule is Fc1ccc(CNc2ccc3c(c2)nc2n3CCN(C3CCC3)CC2)cc1. The van der Waals surface area contributed by atoms with Crippen LogP contribution in [0.4, 0.5) is 10.1 Å². The number of anilines is 1. The van der Waals surface area contributed by atoms with Crippen LogP contribution in [0, 0.1) is 5.82 Å². The van der Waals surface area contributed by atoms with Gasteiger partial charge in [0.15, 0.2) is 0 Å². The Balaban J connectivity index is 1.31. The molecule has 1 aliphatic carbocycles. The quantitative estimate of drug-likeness (QED) is 0.753. The van der Waals surface area contributed by atoms with Gasteiger partial charge in [0.2, 0.25) is 0 Å². The van der Waals surface area contributed by atoms with Crippen molar-refractivity contribution in [2.75, 3.05) is 18.4 Å². The Hall–Kier alpha value is -2.40. The van der Waals surface area contributed by atoms with Crippen LogP contribution in [0.2, 0.25) is 0 Å². The Bertz CT molecular complexity index is 943. The highest BCUT2D eigenvalue weighted by Gasteiger charge is 2.27. The molecule has 0 saturated heterocycles. The minimum atomic E-state index is -0.199. The van der Waals surface area contributed by atoms with E-state index in [9.17, 15) is 4.39 Å².